The van der Waals surface area contributed by atoms with E-state index in [-0.39, 0.29) is 28.9 Å². The van der Waals surface area contributed by atoms with Crippen LogP contribution in [0.5, 0.6) is 5.75 Å². The predicted octanol–water partition coefficient (Wildman–Crippen LogP) is 3.70. The number of hydrogen-bond donors (Lipinski definition) is 0. The summed E-state index contributed by atoms with van der Waals surface area (Å²) in [6.45, 7) is 3.87. The number of carbonyl (C=O) groups is 1. The van der Waals surface area contributed by atoms with E-state index in [2.05, 4.69) is 6.58 Å². The first kappa shape index (κ1) is 20.6. The van der Waals surface area contributed by atoms with Gasteiger partial charge in [0.1, 0.15) is 19.0 Å². The van der Waals surface area contributed by atoms with Gasteiger partial charge < -0.3 is 9.47 Å². The highest BCUT2D eigenvalue weighted by Gasteiger charge is 1.95. The first-order chi connectivity index (χ1) is 6.83. The maximum absolute atomic E-state index is 10.6. The maximum Gasteiger partial charge on any atom is 0.330 e. The molecule has 0 aliphatic rings. The lowest BCUT2D eigenvalue weighted by molar-refractivity contribution is -0.138. The minimum atomic E-state index is -0.429. The normalized spacial score (nSPS) is 7.53. The summed E-state index contributed by atoms with van der Waals surface area (Å²) < 4.78 is 10.0. The molecule has 1 aromatic rings. The molecule has 1 rings (SSSR count). The second-order valence-electron chi connectivity index (χ2n) is 2.53. The molecule has 0 fully saturated rings. The number of ether oxygens (including phenoxy) is 2. The number of hydrogen-bond acceptors (Lipinski definition) is 3. The van der Waals surface area contributed by atoms with Crippen LogP contribution in [0.15, 0.2) is 43.0 Å². The highest BCUT2D eigenvalue weighted by molar-refractivity contribution is 5.81. The summed E-state index contributed by atoms with van der Waals surface area (Å²) in [6.07, 6.45) is 1.13. The van der Waals surface area contributed by atoms with E-state index in [1.165, 1.54) is 0 Å². The van der Waals surface area contributed by atoms with Crippen LogP contribution in [0.25, 0.3) is 0 Å². The monoisotopic (exact) mass is 240 g/mol. The number of benzene rings is 1. The van der Waals surface area contributed by atoms with E-state index in [1.54, 1.807) is 0 Å². The summed E-state index contributed by atoms with van der Waals surface area (Å²) in [7, 11) is 0. The molecule has 0 aromatic heterocycles. The van der Waals surface area contributed by atoms with Crippen LogP contribution in [0.4, 0.5) is 0 Å². The van der Waals surface area contributed by atoms with Crippen molar-refractivity contribution in [2.24, 2.45) is 0 Å². The van der Waals surface area contributed by atoms with Gasteiger partial charge in [-0.1, -0.05) is 47.1 Å². The smallest absolute Gasteiger partial charge is 0.330 e. The van der Waals surface area contributed by atoms with Gasteiger partial charge in [0, 0.05) is 6.08 Å². The van der Waals surface area contributed by atoms with Gasteiger partial charge in [0.25, 0.3) is 0 Å². The van der Waals surface area contributed by atoms with Crippen LogP contribution in [0, 0.1) is 0 Å². The maximum atomic E-state index is 10.6. The second-order valence-corrected chi connectivity index (χ2v) is 2.53. The number of rotatable bonds is 5. The minimum absolute atomic E-state index is 0. The summed E-state index contributed by atoms with van der Waals surface area (Å²) >= 11 is 0. The topological polar surface area (TPSA) is 35.5 Å². The van der Waals surface area contributed by atoms with Crippen molar-refractivity contribution in [3.63, 3.8) is 0 Å². The SMILES string of the molecule is C.C.C.C=CC(=O)OCCOc1ccccc1. The van der Waals surface area contributed by atoms with Crippen molar-refractivity contribution < 1.29 is 14.3 Å². The Morgan fingerprint density at radius 3 is 2.24 bits per heavy atom. The summed E-state index contributed by atoms with van der Waals surface area (Å²) in [5, 5.41) is 0. The molecule has 0 spiro atoms. The molecule has 0 aliphatic carbocycles. The fourth-order valence-corrected chi connectivity index (χ4v) is 0.877. The Balaban J connectivity index is -0.000000653. The highest BCUT2D eigenvalue weighted by Crippen LogP contribution is 2.07. The van der Waals surface area contributed by atoms with Gasteiger partial charge in [-0.05, 0) is 12.1 Å². The molecule has 0 heterocycles. The lowest BCUT2D eigenvalue weighted by Gasteiger charge is -2.05. The van der Waals surface area contributed by atoms with Gasteiger partial charge in [0.2, 0.25) is 0 Å². The Hall–Kier alpha value is -1.77. The van der Waals surface area contributed by atoms with Gasteiger partial charge in [0.15, 0.2) is 0 Å². The van der Waals surface area contributed by atoms with Crippen LogP contribution >= 0.6 is 0 Å². The molecular formula is C14H24O3. The molecule has 3 heteroatoms. The van der Waals surface area contributed by atoms with Gasteiger partial charge in [-0.15, -0.1) is 0 Å². The second kappa shape index (κ2) is 12.3. The Morgan fingerprint density at radius 1 is 1.12 bits per heavy atom. The summed E-state index contributed by atoms with van der Waals surface area (Å²) in [4.78, 5) is 10.6. The molecule has 17 heavy (non-hydrogen) atoms. The third kappa shape index (κ3) is 9.18. The summed E-state index contributed by atoms with van der Waals surface area (Å²) in [5.41, 5.74) is 0. The van der Waals surface area contributed by atoms with Crippen LogP contribution in [0.2, 0.25) is 0 Å². The average molecular weight is 240 g/mol. The molecule has 3 nitrogen and oxygen atoms in total. The molecule has 0 amide bonds. The van der Waals surface area contributed by atoms with Crippen molar-refractivity contribution in [3.05, 3.63) is 43.0 Å². The summed E-state index contributed by atoms with van der Waals surface area (Å²) in [6, 6.07) is 9.35. The molecule has 0 atom stereocenters. The molecule has 0 bridgehead atoms. The van der Waals surface area contributed by atoms with Gasteiger partial charge in [-0.2, -0.15) is 0 Å². The van der Waals surface area contributed by atoms with E-state index in [4.69, 9.17) is 9.47 Å². The van der Waals surface area contributed by atoms with E-state index in [0.717, 1.165) is 11.8 Å². The molecule has 1 aromatic carbocycles. The molecular weight excluding hydrogens is 216 g/mol. The quantitative estimate of drug-likeness (QED) is 0.447. The van der Waals surface area contributed by atoms with Gasteiger partial charge in [-0.3, -0.25) is 0 Å². The van der Waals surface area contributed by atoms with Crippen molar-refractivity contribution >= 4 is 5.97 Å². The van der Waals surface area contributed by atoms with Gasteiger partial charge in [-0.25, -0.2) is 4.79 Å². The van der Waals surface area contributed by atoms with Crippen LogP contribution in [0.3, 0.4) is 0 Å². The Bertz CT molecular complexity index is 294. The van der Waals surface area contributed by atoms with E-state index in [0.29, 0.717) is 6.61 Å². The van der Waals surface area contributed by atoms with Gasteiger partial charge >= 0.3 is 5.97 Å². The Labute approximate surface area is 105 Å². The molecule has 98 valence electrons. The predicted molar refractivity (Wildman–Crippen MR) is 73.3 cm³/mol. The largest absolute Gasteiger partial charge is 0.490 e. The van der Waals surface area contributed by atoms with Crippen LogP contribution in [0.1, 0.15) is 22.3 Å². The van der Waals surface area contributed by atoms with Crippen molar-refractivity contribution in [3.8, 4) is 5.75 Å². The number of esters is 1. The van der Waals surface area contributed by atoms with E-state index < -0.39 is 5.97 Å². The molecule has 0 saturated heterocycles. The molecule has 0 saturated carbocycles. The van der Waals surface area contributed by atoms with Crippen molar-refractivity contribution in [1.29, 1.82) is 0 Å². The van der Waals surface area contributed by atoms with E-state index >= 15 is 0 Å². The van der Waals surface area contributed by atoms with Crippen molar-refractivity contribution in [2.45, 2.75) is 22.3 Å². The minimum Gasteiger partial charge on any atom is -0.490 e. The Kier molecular flexibility index (Phi) is 14.9. The Morgan fingerprint density at radius 2 is 1.71 bits per heavy atom. The number of carbonyl (C=O) groups excluding carboxylic acids is 1. The third-order valence-electron chi connectivity index (χ3n) is 1.51. The van der Waals surface area contributed by atoms with Crippen molar-refractivity contribution in [2.75, 3.05) is 13.2 Å². The fraction of sp³-hybridized carbons (Fsp3) is 0.357. The lowest BCUT2D eigenvalue weighted by atomic mass is 10.3. The average Bonchev–Trinajstić information content (AvgIpc) is 2.25. The highest BCUT2D eigenvalue weighted by atomic mass is 16.6. The first-order valence-electron chi connectivity index (χ1n) is 4.30. The third-order valence-corrected chi connectivity index (χ3v) is 1.51. The van der Waals surface area contributed by atoms with E-state index in [1.807, 2.05) is 30.3 Å². The first-order valence-corrected chi connectivity index (χ1v) is 4.30. The van der Waals surface area contributed by atoms with Crippen LogP contribution in [-0.4, -0.2) is 19.2 Å². The zero-order chi connectivity index (χ0) is 10.2. The lowest BCUT2D eigenvalue weighted by Crippen LogP contribution is -2.09. The number of para-hydroxylation sites is 1. The zero-order valence-electron chi connectivity index (χ0n) is 7.81. The molecule has 0 aliphatic heterocycles. The standard InChI is InChI=1S/C11H12O3.3CH4/c1-2-11(12)14-9-8-13-10-6-4-3-5-7-10;;;/h2-7H,1,8-9H2;3*1H4. The zero-order valence-corrected chi connectivity index (χ0v) is 7.81. The van der Waals surface area contributed by atoms with Crippen molar-refractivity contribution in [1.82, 2.24) is 0 Å². The van der Waals surface area contributed by atoms with E-state index in [9.17, 15) is 4.79 Å². The van der Waals surface area contributed by atoms with Crippen LogP contribution in [-0.2, 0) is 9.53 Å². The molecule has 0 N–H and O–H groups in total. The van der Waals surface area contributed by atoms with Crippen LogP contribution < -0.4 is 4.74 Å². The molecule has 0 unspecified atom stereocenters. The summed E-state index contributed by atoms with van der Waals surface area (Å²) in [5.74, 6) is 0.337. The fourth-order valence-electron chi connectivity index (χ4n) is 0.877. The molecule has 0 radical (unpaired) electrons. The van der Waals surface area contributed by atoms with Gasteiger partial charge in [0.05, 0.1) is 0 Å².